The molecule has 1 aromatic carbocycles. The van der Waals surface area contributed by atoms with E-state index in [0.717, 1.165) is 18.7 Å². The van der Waals surface area contributed by atoms with Gasteiger partial charge in [-0.2, -0.15) is 0 Å². The summed E-state index contributed by atoms with van der Waals surface area (Å²) in [6.07, 6.45) is 6.62. The van der Waals surface area contributed by atoms with Gasteiger partial charge < -0.3 is 10.1 Å². The Hall–Kier alpha value is -1.09. The first-order chi connectivity index (χ1) is 9.65. The van der Waals surface area contributed by atoms with Crippen LogP contribution in [0.1, 0.15) is 44.6 Å². The molecular weight excluding hydrogens is 253 g/mol. The molecule has 0 aliphatic heterocycles. The second-order valence-electron chi connectivity index (χ2n) is 6.28. The highest BCUT2D eigenvalue weighted by Gasteiger charge is 2.56. The van der Waals surface area contributed by atoms with E-state index in [1.54, 1.807) is 6.07 Å². The number of hydrogen-bond acceptors (Lipinski definition) is 2. The van der Waals surface area contributed by atoms with Crippen LogP contribution in [0, 0.1) is 18.2 Å². The summed E-state index contributed by atoms with van der Waals surface area (Å²) < 4.78 is 19.3. The van der Waals surface area contributed by atoms with E-state index in [1.165, 1.54) is 25.7 Å². The Balaban J connectivity index is 1.72. The maximum absolute atomic E-state index is 13.3. The number of benzene rings is 1. The number of halogens is 1. The van der Waals surface area contributed by atoms with Crippen molar-refractivity contribution in [3.63, 3.8) is 0 Å². The van der Waals surface area contributed by atoms with E-state index in [1.807, 2.05) is 19.1 Å². The topological polar surface area (TPSA) is 21.3 Å². The Morgan fingerprint density at radius 1 is 1.35 bits per heavy atom. The van der Waals surface area contributed by atoms with Crippen LogP contribution in [0.3, 0.4) is 0 Å². The number of nitrogens with one attached hydrogen (secondary N) is 1. The first-order valence-electron chi connectivity index (χ1n) is 7.80. The molecule has 20 heavy (non-hydrogen) atoms. The zero-order valence-corrected chi connectivity index (χ0v) is 12.4. The first-order valence-corrected chi connectivity index (χ1v) is 7.80. The highest BCUT2D eigenvalue weighted by molar-refractivity contribution is 5.48. The largest absolute Gasteiger partial charge is 0.382 e. The molecule has 2 nitrogen and oxygen atoms in total. The molecule has 3 rings (SSSR count). The number of anilines is 1. The van der Waals surface area contributed by atoms with Crippen LogP contribution in [0.25, 0.3) is 0 Å². The Morgan fingerprint density at radius 3 is 2.75 bits per heavy atom. The van der Waals surface area contributed by atoms with Gasteiger partial charge in [-0.15, -0.1) is 0 Å². The highest BCUT2D eigenvalue weighted by atomic mass is 19.1. The Labute approximate surface area is 120 Å². The molecule has 2 saturated carbocycles. The zero-order chi connectivity index (χ0) is 14.2. The Kier molecular flexibility index (Phi) is 3.72. The van der Waals surface area contributed by atoms with Gasteiger partial charge in [0, 0.05) is 23.8 Å². The predicted octanol–water partition coefficient (Wildman–Crippen LogP) is 4.28. The SMILES string of the molecule is CCOC1CC(Nc2ccc(F)c(C)c2)C12CCCC2. The fourth-order valence-electron chi connectivity index (χ4n) is 4.02. The van der Waals surface area contributed by atoms with Crippen molar-refractivity contribution in [3.8, 4) is 0 Å². The minimum absolute atomic E-state index is 0.132. The van der Waals surface area contributed by atoms with Gasteiger partial charge in [-0.3, -0.25) is 0 Å². The highest BCUT2D eigenvalue weighted by Crippen LogP contribution is 2.55. The van der Waals surface area contributed by atoms with Crippen molar-refractivity contribution < 1.29 is 9.13 Å². The number of ether oxygens (including phenoxy) is 1. The van der Waals surface area contributed by atoms with Crippen molar-refractivity contribution in [2.75, 3.05) is 11.9 Å². The van der Waals surface area contributed by atoms with E-state index >= 15 is 0 Å². The van der Waals surface area contributed by atoms with Crippen LogP contribution >= 0.6 is 0 Å². The molecule has 0 heterocycles. The summed E-state index contributed by atoms with van der Waals surface area (Å²) in [4.78, 5) is 0. The van der Waals surface area contributed by atoms with Gasteiger partial charge in [0.25, 0.3) is 0 Å². The summed E-state index contributed by atoms with van der Waals surface area (Å²) in [5.41, 5.74) is 2.06. The summed E-state index contributed by atoms with van der Waals surface area (Å²) in [7, 11) is 0. The second-order valence-corrected chi connectivity index (χ2v) is 6.28. The van der Waals surface area contributed by atoms with Crippen molar-refractivity contribution in [3.05, 3.63) is 29.6 Å². The maximum Gasteiger partial charge on any atom is 0.126 e. The van der Waals surface area contributed by atoms with E-state index in [2.05, 4.69) is 12.2 Å². The molecule has 0 aromatic heterocycles. The van der Waals surface area contributed by atoms with Crippen molar-refractivity contribution in [1.29, 1.82) is 0 Å². The molecule has 2 aliphatic carbocycles. The summed E-state index contributed by atoms with van der Waals surface area (Å²) >= 11 is 0. The molecule has 2 aliphatic rings. The van der Waals surface area contributed by atoms with Gasteiger partial charge in [0.1, 0.15) is 5.82 Å². The van der Waals surface area contributed by atoms with Crippen LogP contribution in [0.15, 0.2) is 18.2 Å². The lowest BCUT2D eigenvalue weighted by Crippen LogP contribution is -2.60. The van der Waals surface area contributed by atoms with E-state index in [4.69, 9.17) is 4.74 Å². The molecule has 0 saturated heterocycles. The molecule has 1 spiro atoms. The molecule has 0 radical (unpaired) electrons. The standard InChI is InChI=1S/C17H24FNO/c1-3-20-16-11-15(17(16)8-4-5-9-17)19-13-6-7-14(18)12(2)10-13/h6-7,10,15-16,19H,3-5,8-9,11H2,1-2H3. The minimum Gasteiger partial charge on any atom is -0.382 e. The van der Waals surface area contributed by atoms with Crippen LogP contribution in [0.2, 0.25) is 0 Å². The lowest BCUT2D eigenvalue weighted by atomic mass is 9.60. The summed E-state index contributed by atoms with van der Waals surface area (Å²) in [6.45, 7) is 4.69. The molecule has 0 amide bonds. The Morgan fingerprint density at radius 2 is 2.10 bits per heavy atom. The third-order valence-corrected chi connectivity index (χ3v) is 5.19. The van der Waals surface area contributed by atoms with Crippen molar-refractivity contribution in [2.45, 2.75) is 58.1 Å². The van der Waals surface area contributed by atoms with Gasteiger partial charge in [-0.05, 0) is 56.9 Å². The van der Waals surface area contributed by atoms with Crippen molar-refractivity contribution in [2.24, 2.45) is 5.41 Å². The van der Waals surface area contributed by atoms with Gasteiger partial charge in [0.15, 0.2) is 0 Å². The number of aryl methyl sites for hydroxylation is 1. The third-order valence-electron chi connectivity index (χ3n) is 5.19. The average Bonchev–Trinajstić information content (AvgIpc) is 2.94. The quantitative estimate of drug-likeness (QED) is 0.886. The normalized spacial score (nSPS) is 27.6. The zero-order valence-electron chi connectivity index (χ0n) is 12.4. The predicted molar refractivity (Wildman–Crippen MR) is 79.5 cm³/mol. The average molecular weight is 277 g/mol. The summed E-state index contributed by atoms with van der Waals surface area (Å²) in [5, 5.41) is 3.62. The lowest BCUT2D eigenvalue weighted by Gasteiger charge is -2.54. The molecule has 0 bridgehead atoms. The van der Waals surface area contributed by atoms with Crippen LogP contribution in [0.5, 0.6) is 0 Å². The van der Waals surface area contributed by atoms with Gasteiger partial charge in [0.05, 0.1) is 6.10 Å². The summed E-state index contributed by atoms with van der Waals surface area (Å²) in [6, 6.07) is 5.79. The molecule has 110 valence electrons. The van der Waals surface area contributed by atoms with Gasteiger partial charge in [-0.1, -0.05) is 12.8 Å². The van der Waals surface area contributed by atoms with Gasteiger partial charge in [0.2, 0.25) is 0 Å². The maximum atomic E-state index is 13.3. The van der Waals surface area contributed by atoms with Crippen molar-refractivity contribution in [1.82, 2.24) is 0 Å². The molecule has 2 fully saturated rings. The molecule has 2 atom stereocenters. The monoisotopic (exact) mass is 277 g/mol. The lowest BCUT2D eigenvalue weighted by molar-refractivity contribution is -0.114. The number of hydrogen-bond donors (Lipinski definition) is 1. The molecule has 3 heteroatoms. The smallest absolute Gasteiger partial charge is 0.126 e. The fraction of sp³-hybridized carbons (Fsp3) is 0.647. The minimum atomic E-state index is -0.132. The van der Waals surface area contributed by atoms with Crippen LogP contribution in [0.4, 0.5) is 10.1 Å². The van der Waals surface area contributed by atoms with Crippen LogP contribution in [-0.4, -0.2) is 18.8 Å². The van der Waals surface area contributed by atoms with Gasteiger partial charge in [-0.25, -0.2) is 4.39 Å². The molecular formula is C17H24FNO. The second kappa shape index (κ2) is 5.36. The van der Waals surface area contributed by atoms with Crippen molar-refractivity contribution >= 4 is 5.69 Å². The van der Waals surface area contributed by atoms with Crippen LogP contribution in [-0.2, 0) is 4.74 Å². The third kappa shape index (κ3) is 2.22. The van der Waals surface area contributed by atoms with Crippen LogP contribution < -0.4 is 5.32 Å². The fourth-order valence-corrected chi connectivity index (χ4v) is 4.02. The van der Waals surface area contributed by atoms with E-state index in [-0.39, 0.29) is 5.82 Å². The molecule has 1 aromatic rings. The summed E-state index contributed by atoms with van der Waals surface area (Å²) in [5.74, 6) is -0.132. The first kappa shape index (κ1) is 13.9. The van der Waals surface area contributed by atoms with E-state index < -0.39 is 0 Å². The molecule has 1 N–H and O–H groups in total. The van der Waals surface area contributed by atoms with Gasteiger partial charge >= 0.3 is 0 Å². The molecule has 2 unspecified atom stereocenters. The van der Waals surface area contributed by atoms with E-state index in [9.17, 15) is 4.39 Å². The number of rotatable bonds is 4. The van der Waals surface area contributed by atoms with E-state index in [0.29, 0.717) is 23.1 Å². The Bertz CT molecular complexity index is 482.